The Kier molecular flexibility index (Phi) is 5.51. The number of rotatable bonds is 5. The predicted octanol–water partition coefficient (Wildman–Crippen LogP) is 4.76. The fraction of sp³-hybridized carbons (Fsp3) is 0.636. The summed E-state index contributed by atoms with van der Waals surface area (Å²) in [6, 6.07) is 0.851. The fourth-order valence-electron chi connectivity index (χ4n) is 5.64. The predicted molar refractivity (Wildman–Crippen MR) is 106 cm³/mol. The Labute approximate surface area is 183 Å². The summed E-state index contributed by atoms with van der Waals surface area (Å²) < 4.78 is 57.3. The first kappa shape index (κ1) is 22.4. The molecule has 4 rings (SSSR count). The van der Waals surface area contributed by atoms with Crippen LogP contribution in [0.5, 0.6) is 0 Å². The first-order chi connectivity index (χ1) is 14.4. The van der Waals surface area contributed by atoms with Gasteiger partial charge in [-0.2, -0.15) is 0 Å². The van der Waals surface area contributed by atoms with Gasteiger partial charge in [-0.3, -0.25) is 9.59 Å². The summed E-state index contributed by atoms with van der Waals surface area (Å²) in [6.07, 6.45) is 1.67. The molecule has 0 spiro atoms. The van der Waals surface area contributed by atoms with Crippen molar-refractivity contribution < 1.29 is 27.2 Å². The SMILES string of the molecule is CC(=O)N[C@@H]1CC[C@@H](C(=O)N[C@H](c2c(F)ccc(Cl)c2F)C2(C)C[C@@H]3[C@H](C2)C3(F)F)C1. The van der Waals surface area contributed by atoms with Crippen molar-refractivity contribution in [1.29, 1.82) is 0 Å². The van der Waals surface area contributed by atoms with E-state index < -0.39 is 52.7 Å². The maximum Gasteiger partial charge on any atom is 0.254 e. The van der Waals surface area contributed by atoms with Crippen molar-refractivity contribution >= 4 is 23.4 Å². The van der Waals surface area contributed by atoms with Gasteiger partial charge in [-0.25, -0.2) is 17.6 Å². The number of carbonyl (C=O) groups excluding carboxylic acids is 2. The molecule has 6 atom stereocenters. The van der Waals surface area contributed by atoms with Gasteiger partial charge in [0.25, 0.3) is 5.92 Å². The van der Waals surface area contributed by atoms with Crippen LogP contribution in [0.15, 0.2) is 12.1 Å². The lowest BCUT2D eigenvalue weighted by molar-refractivity contribution is -0.127. The van der Waals surface area contributed by atoms with E-state index in [1.807, 2.05) is 0 Å². The molecule has 1 unspecified atom stereocenters. The van der Waals surface area contributed by atoms with Crippen molar-refractivity contribution in [3.05, 3.63) is 34.4 Å². The third-order valence-corrected chi connectivity index (χ3v) is 7.59. The Balaban J connectivity index is 1.60. The number of carbonyl (C=O) groups is 2. The van der Waals surface area contributed by atoms with E-state index >= 15 is 0 Å². The lowest BCUT2D eigenvalue weighted by Crippen LogP contribution is -2.43. The largest absolute Gasteiger partial charge is 0.354 e. The Hall–Kier alpha value is -1.83. The molecule has 0 saturated heterocycles. The second kappa shape index (κ2) is 7.64. The van der Waals surface area contributed by atoms with Gasteiger partial charge < -0.3 is 10.6 Å². The van der Waals surface area contributed by atoms with Gasteiger partial charge >= 0.3 is 0 Å². The van der Waals surface area contributed by atoms with Crippen LogP contribution in [0.25, 0.3) is 0 Å². The van der Waals surface area contributed by atoms with Gasteiger partial charge in [0.15, 0.2) is 0 Å². The molecule has 3 aliphatic rings. The smallest absolute Gasteiger partial charge is 0.254 e. The number of halogens is 5. The Bertz CT molecular complexity index is 911. The third kappa shape index (κ3) is 3.92. The monoisotopic (exact) mass is 460 g/mol. The molecule has 3 saturated carbocycles. The van der Waals surface area contributed by atoms with Crippen molar-refractivity contribution in [3.8, 4) is 0 Å². The maximum absolute atomic E-state index is 14.9. The minimum atomic E-state index is -2.75. The van der Waals surface area contributed by atoms with Gasteiger partial charge in [-0.05, 0) is 49.7 Å². The second-order valence-corrected chi connectivity index (χ2v) is 9.96. The van der Waals surface area contributed by atoms with E-state index in [0.29, 0.717) is 19.3 Å². The standard InChI is InChI=1S/C22H25ClF4N2O2/c1-10(30)28-12-4-3-11(7-12)20(31)29-19(17-16(24)6-5-15(23)18(17)25)21(2)8-13-14(9-21)22(13,26)27/h5-6,11-14,19H,3-4,7-9H2,1-2H3,(H,28,30)(H,29,31)/t11-,12-,13-,14+,19-,21?/m1/s1. The van der Waals surface area contributed by atoms with Crippen LogP contribution in [0, 0.1) is 34.8 Å². The summed E-state index contributed by atoms with van der Waals surface area (Å²) in [7, 11) is 0. The molecule has 2 N–H and O–H groups in total. The van der Waals surface area contributed by atoms with Crippen molar-refractivity contribution in [2.75, 3.05) is 0 Å². The highest BCUT2D eigenvalue weighted by Gasteiger charge is 2.74. The highest BCUT2D eigenvalue weighted by molar-refractivity contribution is 6.30. The first-order valence-corrected chi connectivity index (χ1v) is 10.9. The van der Waals surface area contributed by atoms with E-state index in [1.54, 1.807) is 6.92 Å². The zero-order valence-electron chi connectivity index (χ0n) is 17.3. The summed E-state index contributed by atoms with van der Waals surface area (Å²) in [5.41, 5.74) is -1.32. The zero-order valence-corrected chi connectivity index (χ0v) is 18.0. The molecule has 0 bridgehead atoms. The van der Waals surface area contributed by atoms with Gasteiger partial charge in [0.2, 0.25) is 11.8 Å². The second-order valence-electron chi connectivity index (χ2n) is 9.56. The molecule has 0 aromatic heterocycles. The molecule has 2 amide bonds. The molecule has 4 nitrogen and oxygen atoms in total. The summed E-state index contributed by atoms with van der Waals surface area (Å²) >= 11 is 5.88. The number of alkyl halides is 2. The molecule has 3 fully saturated rings. The number of nitrogens with one attached hydrogen (secondary N) is 2. The van der Waals surface area contributed by atoms with Crippen LogP contribution in [0.4, 0.5) is 17.6 Å². The van der Waals surface area contributed by atoms with Crippen molar-refractivity contribution in [2.45, 2.75) is 64.0 Å². The summed E-state index contributed by atoms with van der Waals surface area (Å²) in [5.74, 6) is -7.31. The van der Waals surface area contributed by atoms with Crippen LogP contribution in [-0.4, -0.2) is 23.8 Å². The molecular weight excluding hydrogens is 436 g/mol. The average Bonchev–Trinajstić information content (AvgIpc) is 3.09. The Morgan fingerprint density at radius 1 is 1.16 bits per heavy atom. The molecule has 0 aliphatic heterocycles. The van der Waals surface area contributed by atoms with Crippen LogP contribution >= 0.6 is 11.6 Å². The zero-order chi connectivity index (χ0) is 22.7. The van der Waals surface area contributed by atoms with E-state index in [-0.39, 0.29) is 35.4 Å². The molecule has 9 heteroatoms. The normalized spacial score (nSPS) is 34.2. The summed E-state index contributed by atoms with van der Waals surface area (Å²) in [5, 5.41) is 5.26. The molecule has 31 heavy (non-hydrogen) atoms. The minimum absolute atomic E-state index is 0.0557. The topological polar surface area (TPSA) is 58.2 Å². The highest BCUT2D eigenvalue weighted by Crippen LogP contribution is 2.71. The lowest BCUT2D eigenvalue weighted by atomic mass is 9.74. The molecular formula is C22H25ClF4N2O2. The first-order valence-electron chi connectivity index (χ1n) is 10.5. The van der Waals surface area contributed by atoms with E-state index in [4.69, 9.17) is 11.6 Å². The summed E-state index contributed by atoms with van der Waals surface area (Å²) in [6.45, 7) is 3.09. The minimum Gasteiger partial charge on any atom is -0.354 e. The Morgan fingerprint density at radius 2 is 1.81 bits per heavy atom. The number of hydrogen-bond acceptors (Lipinski definition) is 2. The average molecular weight is 461 g/mol. The number of fused-ring (bicyclic) bond motifs is 1. The number of hydrogen-bond donors (Lipinski definition) is 2. The lowest BCUT2D eigenvalue weighted by Gasteiger charge is -2.38. The molecule has 0 heterocycles. The molecule has 3 aliphatic carbocycles. The number of benzene rings is 1. The third-order valence-electron chi connectivity index (χ3n) is 7.30. The van der Waals surface area contributed by atoms with Crippen LogP contribution in [0.2, 0.25) is 5.02 Å². The highest BCUT2D eigenvalue weighted by atomic mass is 35.5. The van der Waals surface area contributed by atoms with E-state index in [9.17, 15) is 27.2 Å². The molecule has 1 aromatic rings. The van der Waals surface area contributed by atoms with Gasteiger partial charge in [0, 0.05) is 36.3 Å². The van der Waals surface area contributed by atoms with E-state index in [1.165, 1.54) is 6.92 Å². The maximum atomic E-state index is 14.9. The molecule has 170 valence electrons. The van der Waals surface area contributed by atoms with Gasteiger partial charge in [0.1, 0.15) is 11.6 Å². The number of amides is 2. The molecule has 0 radical (unpaired) electrons. The van der Waals surface area contributed by atoms with Crippen LogP contribution in [0.1, 0.15) is 57.6 Å². The van der Waals surface area contributed by atoms with E-state index in [2.05, 4.69) is 10.6 Å². The van der Waals surface area contributed by atoms with Crippen molar-refractivity contribution in [2.24, 2.45) is 23.2 Å². The van der Waals surface area contributed by atoms with Crippen molar-refractivity contribution in [3.63, 3.8) is 0 Å². The quantitative estimate of drug-likeness (QED) is 0.491. The van der Waals surface area contributed by atoms with Crippen LogP contribution in [-0.2, 0) is 9.59 Å². The van der Waals surface area contributed by atoms with Crippen molar-refractivity contribution in [1.82, 2.24) is 10.6 Å². The fourth-order valence-corrected chi connectivity index (χ4v) is 5.81. The Morgan fingerprint density at radius 3 is 2.42 bits per heavy atom. The van der Waals surface area contributed by atoms with Crippen LogP contribution < -0.4 is 10.6 Å². The molecule has 1 aromatic carbocycles. The van der Waals surface area contributed by atoms with E-state index in [0.717, 1.165) is 12.1 Å². The van der Waals surface area contributed by atoms with Gasteiger partial charge in [-0.1, -0.05) is 18.5 Å². The summed E-state index contributed by atoms with van der Waals surface area (Å²) in [4.78, 5) is 24.3. The van der Waals surface area contributed by atoms with Crippen LogP contribution in [0.3, 0.4) is 0 Å². The van der Waals surface area contributed by atoms with Gasteiger partial charge in [-0.15, -0.1) is 0 Å². The van der Waals surface area contributed by atoms with Gasteiger partial charge in [0.05, 0.1) is 11.1 Å².